The summed E-state index contributed by atoms with van der Waals surface area (Å²) >= 11 is 8.77. The van der Waals surface area contributed by atoms with Crippen molar-refractivity contribution in [3.8, 4) is 16.2 Å². The van der Waals surface area contributed by atoms with E-state index in [2.05, 4.69) is 39.4 Å². The fraction of sp³-hybridized carbons (Fsp3) is 0.383. The molecule has 8 rings (SSSR count). The lowest BCUT2D eigenvalue weighted by Crippen LogP contribution is -2.52. The number of rotatable bonds is 16. The number of hydrogen-bond donors (Lipinski definition) is 6. The molecule has 0 spiro atoms. The van der Waals surface area contributed by atoms with Gasteiger partial charge in [-0.25, -0.2) is 22.7 Å². The largest absolute Gasteiger partial charge is 0.479 e. The molecular formula is C47H50ClF2N7O10S2. The number of piperidine rings is 2. The number of nitrogens with zero attached hydrogens (tertiary/aromatic N) is 3. The van der Waals surface area contributed by atoms with Gasteiger partial charge in [0, 0.05) is 85.3 Å². The number of thiophene rings is 1. The number of carboxylic acids is 2. The molecule has 2 atom stereocenters. The SMILES string of the molecule is CNc1cc(CSN2CCC(Nc3cccc(-c4sc(C(=O)O)c(OCC(=O)O)c4Cl)c3F)CC2(C)C)ccc1F.O=CC1CN(C(=O)CNc2cccc3c2CN(C2CCC(=O)NC2=O)C3=O)C1. The van der Waals surface area contributed by atoms with E-state index < -0.39 is 36.3 Å². The van der Waals surface area contributed by atoms with Gasteiger partial charge in [-0.1, -0.05) is 47.8 Å². The number of benzene rings is 3. The Morgan fingerprint density at radius 3 is 2.41 bits per heavy atom. The van der Waals surface area contributed by atoms with Crippen molar-refractivity contribution in [3.63, 3.8) is 0 Å². The summed E-state index contributed by atoms with van der Waals surface area (Å²) in [6.45, 7) is 5.41. The van der Waals surface area contributed by atoms with Crippen molar-refractivity contribution in [2.24, 2.45) is 5.92 Å². The molecule has 22 heteroatoms. The molecular weight excluding hydrogens is 960 g/mol. The number of ether oxygens (including phenoxy) is 1. The fourth-order valence-corrected chi connectivity index (χ4v) is 11.2. The Morgan fingerprint density at radius 1 is 1.01 bits per heavy atom. The molecule has 0 saturated carbocycles. The number of imide groups is 1. The van der Waals surface area contributed by atoms with Gasteiger partial charge in [-0.3, -0.25) is 24.5 Å². The van der Waals surface area contributed by atoms with Crippen LogP contribution in [0.3, 0.4) is 0 Å². The topological polar surface area (TPSA) is 227 Å². The fourth-order valence-electron chi connectivity index (χ4n) is 8.60. The molecule has 17 nitrogen and oxygen atoms in total. The number of carboxylic acid groups (broad SMARTS) is 2. The van der Waals surface area contributed by atoms with E-state index in [9.17, 15) is 43.1 Å². The number of fused-ring (bicyclic) bond motifs is 1. The summed E-state index contributed by atoms with van der Waals surface area (Å²) in [4.78, 5) is 84.7. The van der Waals surface area contributed by atoms with E-state index in [4.69, 9.17) is 21.4 Å². The van der Waals surface area contributed by atoms with Crippen molar-refractivity contribution in [1.82, 2.24) is 19.4 Å². The Hall–Kier alpha value is -6.29. The van der Waals surface area contributed by atoms with Crippen LogP contribution in [0.15, 0.2) is 54.6 Å². The normalized spacial score (nSPS) is 18.8. The van der Waals surface area contributed by atoms with Gasteiger partial charge in [0.05, 0.1) is 22.8 Å². The van der Waals surface area contributed by atoms with Crippen LogP contribution < -0.4 is 26.0 Å². The first-order valence-corrected chi connectivity index (χ1v) is 24.1. The zero-order valence-corrected chi connectivity index (χ0v) is 40.1. The molecule has 3 aromatic carbocycles. The lowest BCUT2D eigenvalue weighted by Gasteiger charge is -2.45. The first-order chi connectivity index (χ1) is 32.9. The highest BCUT2D eigenvalue weighted by atomic mass is 35.5. The molecule has 4 amide bonds. The number of carbonyl (C=O) groups is 7. The van der Waals surface area contributed by atoms with Crippen LogP contribution in [-0.4, -0.2) is 124 Å². The Bertz CT molecular complexity index is 2680. The highest BCUT2D eigenvalue weighted by molar-refractivity contribution is 7.96. The summed E-state index contributed by atoms with van der Waals surface area (Å²) in [7, 11) is 1.69. The number of hydrogen-bond acceptors (Lipinski definition) is 14. The number of aldehydes is 1. The molecule has 1 aromatic heterocycles. The molecule has 0 bridgehead atoms. The van der Waals surface area contributed by atoms with E-state index >= 15 is 4.39 Å². The number of anilines is 3. The van der Waals surface area contributed by atoms with E-state index in [1.807, 2.05) is 0 Å². The monoisotopic (exact) mass is 1010 g/mol. The van der Waals surface area contributed by atoms with Crippen LogP contribution in [0.5, 0.6) is 5.75 Å². The van der Waals surface area contributed by atoms with E-state index in [-0.39, 0.29) is 92.3 Å². The minimum atomic E-state index is -1.35. The van der Waals surface area contributed by atoms with Gasteiger partial charge in [0.2, 0.25) is 17.7 Å². The molecule has 6 N–H and O–H groups in total. The van der Waals surface area contributed by atoms with Gasteiger partial charge in [0.1, 0.15) is 23.2 Å². The number of amides is 4. The van der Waals surface area contributed by atoms with Gasteiger partial charge < -0.3 is 45.5 Å². The summed E-state index contributed by atoms with van der Waals surface area (Å²) < 4.78 is 37.0. The molecule has 3 fully saturated rings. The van der Waals surface area contributed by atoms with Gasteiger partial charge in [-0.2, -0.15) is 0 Å². The second kappa shape index (κ2) is 21.6. The highest BCUT2D eigenvalue weighted by Crippen LogP contribution is 2.47. The van der Waals surface area contributed by atoms with Crippen LogP contribution in [0.1, 0.15) is 70.7 Å². The number of likely N-dealkylation sites (tertiary alicyclic amines) is 1. The molecule has 2 unspecified atom stereocenters. The van der Waals surface area contributed by atoms with Crippen molar-refractivity contribution in [3.05, 3.63) is 92.8 Å². The van der Waals surface area contributed by atoms with Crippen LogP contribution >= 0.6 is 34.9 Å². The molecule has 0 aliphatic carbocycles. The number of carbonyl (C=O) groups excluding carboxylic acids is 5. The smallest absolute Gasteiger partial charge is 0.349 e. The standard InChI is InChI=1S/C28H30ClF2N3O5S2.C19H20N4O5/c1-28(2)12-16(9-10-34(28)40-14-15-7-8-18(30)20(11-15)32-3)33-19-6-4-5-17(23(19)31)25-22(29)24(39-13-21(35)36)26(41-25)27(37)38;24-10-11-7-22(8-11)17(26)6-20-14-3-1-2-12-13(14)9-23(19(12)28)15-4-5-16(25)21-18(15)27/h4-8,11,16,32-33H,9-10,12-14H2,1-3H3,(H,35,36)(H,37,38);1-3,10-11,15,20H,4-9H2,(H,21,25,27). The Kier molecular flexibility index (Phi) is 15.8. The van der Waals surface area contributed by atoms with Crippen molar-refractivity contribution in [1.29, 1.82) is 0 Å². The zero-order chi connectivity index (χ0) is 49.7. The first-order valence-electron chi connectivity index (χ1n) is 21.9. The summed E-state index contributed by atoms with van der Waals surface area (Å²) in [5.41, 5.74) is 3.49. The Labute approximate surface area is 409 Å². The van der Waals surface area contributed by atoms with Gasteiger partial charge in [0.25, 0.3) is 5.91 Å². The van der Waals surface area contributed by atoms with Crippen molar-refractivity contribution >= 4 is 93.8 Å². The number of halogens is 3. The van der Waals surface area contributed by atoms with Crippen molar-refractivity contribution in [2.75, 3.05) is 55.8 Å². The summed E-state index contributed by atoms with van der Waals surface area (Å²) in [6, 6.07) is 14.3. The average Bonchev–Trinajstić information content (AvgIpc) is 3.81. The molecule has 0 radical (unpaired) electrons. The van der Waals surface area contributed by atoms with Crippen LogP contribution in [0.2, 0.25) is 5.02 Å². The van der Waals surface area contributed by atoms with E-state index in [0.29, 0.717) is 42.2 Å². The minimum absolute atomic E-state index is 0.0313. The number of nitrogens with one attached hydrogen (secondary N) is 4. The summed E-state index contributed by atoms with van der Waals surface area (Å²) in [5.74, 6) is -4.37. The summed E-state index contributed by atoms with van der Waals surface area (Å²) in [5, 5.41) is 29.9. The number of aliphatic carboxylic acids is 1. The maximum Gasteiger partial charge on any atom is 0.349 e. The minimum Gasteiger partial charge on any atom is -0.479 e. The van der Waals surface area contributed by atoms with Gasteiger partial charge >= 0.3 is 11.9 Å². The van der Waals surface area contributed by atoms with E-state index in [1.54, 1.807) is 66.4 Å². The lowest BCUT2D eigenvalue weighted by molar-refractivity contribution is -0.139. The van der Waals surface area contributed by atoms with E-state index in [0.717, 1.165) is 48.1 Å². The summed E-state index contributed by atoms with van der Waals surface area (Å²) in [6.07, 6.45) is 2.84. The molecule has 4 aliphatic rings. The molecule has 4 aliphatic heterocycles. The maximum atomic E-state index is 15.8. The van der Waals surface area contributed by atoms with Crippen molar-refractivity contribution in [2.45, 2.75) is 69.5 Å². The van der Waals surface area contributed by atoms with Crippen molar-refractivity contribution < 1.29 is 57.3 Å². The predicted octanol–water partition coefficient (Wildman–Crippen LogP) is 6.57. The third-order valence-electron chi connectivity index (χ3n) is 12.2. The van der Waals surface area contributed by atoms with Crippen LogP contribution in [0.25, 0.3) is 10.4 Å². The Morgan fingerprint density at radius 2 is 1.74 bits per heavy atom. The van der Waals surface area contributed by atoms with Crippen LogP contribution in [-0.2, 0) is 36.3 Å². The van der Waals surface area contributed by atoms with E-state index in [1.165, 1.54) is 17.0 Å². The highest BCUT2D eigenvalue weighted by Gasteiger charge is 2.40. The Balaban J connectivity index is 0.000000218. The second-order valence-corrected chi connectivity index (χ2v) is 19.8. The molecule has 5 heterocycles. The molecule has 366 valence electrons. The lowest BCUT2D eigenvalue weighted by atomic mass is 9.89. The zero-order valence-electron chi connectivity index (χ0n) is 37.7. The first kappa shape index (κ1) is 50.6. The molecule has 69 heavy (non-hydrogen) atoms. The van der Waals surface area contributed by atoms with Gasteiger partial charge in [0.15, 0.2) is 23.1 Å². The maximum absolute atomic E-state index is 15.8. The predicted molar refractivity (Wildman–Crippen MR) is 257 cm³/mol. The average molecular weight is 1010 g/mol. The second-order valence-electron chi connectivity index (χ2n) is 17.4. The third kappa shape index (κ3) is 11.4. The molecule has 4 aromatic rings. The molecule has 3 saturated heterocycles. The van der Waals surface area contributed by atoms with Gasteiger partial charge in [-0.15, -0.1) is 11.3 Å². The van der Waals surface area contributed by atoms with Crippen LogP contribution in [0.4, 0.5) is 25.8 Å². The third-order valence-corrected chi connectivity index (χ3v) is 15.3. The quantitative estimate of drug-likeness (QED) is 0.0397. The number of aromatic carboxylic acids is 1. The van der Waals surface area contributed by atoms with Crippen LogP contribution in [0, 0.1) is 17.6 Å². The van der Waals surface area contributed by atoms with Gasteiger partial charge in [-0.05, 0) is 69.0 Å².